The number of hydrogen-bond acceptors (Lipinski definition) is 7. The molecular weight excluding hydrogens is 272 g/mol. The topological polar surface area (TPSA) is 97.6 Å². The Morgan fingerprint density at radius 3 is 3.10 bits per heavy atom. The first kappa shape index (κ1) is 13.8. The largest absolute Gasteiger partial charge is 0.506 e. The van der Waals surface area contributed by atoms with Crippen molar-refractivity contribution in [2.24, 2.45) is 0 Å². The van der Waals surface area contributed by atoms with E-state index in [9.17, 15) is 5.11 Å². The average molecular weight is 290 g/mol. The smallest absolute Gasteiger partial charge is 0.258 e. The van der Waals surface area contributed by atoms with Crippen molar-refractivity contribution in [1.29, 1.82) is 0 Å². The number of aromatic hydroxyl groups is 1. The normalized spacial score (nSPS) is 19.8. The van der Waals surface area contributed by atoms with Gasteiger partial charge in [0, 0.05) is 18.7 Å². The Bertz CT molecular complexity index is 628. The van der Waals surface area contributed by atoms with Crippen molar-refractivity contribution >= 4 is 5.69 Å². The van der Waals surface area contributed by atoms with E-state index in [0.717, 1.165) is 19.6 Å². The monoisotopic (exact) mass is 290 g/mol. The van der Waals surface area contributed by atoms with Crippen LogP contribution in [0.1, 0.15) is 18.9 Å². The second-order valence-corrected chi connectivity index (χ2v) is 4.98. The number of anilines is 1. The predicted octanol–water partition coefficient (Wildman–Crippen LogP) is 1.42. The van der Waals surface area contributed by atoms with Gasteiger partial charge < -0.3 is 20.1 Å². The first-order chi connectivity index (χ1) is 10.2. The molecule has 1 unspecified atom stereocenters. The van der Waals surface area contributed by atoms with Gasteiger partial charge in [-0.25, -0.2) is 0 Å². The summed E-state index contributed by atoms with van der Waals surface area (Å²) in [5, 5.41) is 13.4. The zero-order chi connectivity index (χ0) is 14.8. The lowest BCUT2D eigenvalue weighted by Gasteiger charge is -2.30. The van der Waals surface area contributed by atoms with Gasteiger partial charge in [0.05, 0.1) is 12.3 Å². The van der Waals surface area contributed by atoms with Crippen molar-refractivity contribution in [1.82, 2.24) is 15.0 Å². The van der Waals surface area contributed by atoms with Crippen LogP contribution in [0.5, 0.6) is 5.75 Å². The van der Waals surface area contributed by atoms with Crippen LogP contribution in [0.25, 0.3) is 11.5 Å². The molecule has 1 aromatic carbocycles. The number of hydrogen-bond donors (Lipinski definition) is 2. The molecule has 0 amide bonds. The number of likely N-dealkylation sites (N-methyl/N-ethyl adjacent to an activating group) is 1. The number of phenolic OH excluding ortho intramolecular Hbond substituents is 1. The summed E-state index contributed by atoms with van der Waals surface area (Å²) in [5.41, 5.74) is 6.62. The summed E-state index contributed by atoms with van der Waals surface area (Å²) in [7, 11) is 0. The number of aromatic nitrogens is 2. The molecule has 7 nitrogen and oxygen atoms in total. The standard InChI is InChI=1S/C14H18N4O3/c1-2-18-5-6-20-12(8-18)13-16-14(21-17-13)9-3-4-11(19)10(15)7-9/h3-4,7,12,19H,2,5-6,8,15H2,1H3. The maximum Gasteiger partial charge on any atom is 0.258 e. The van der Waals surface area contributed by atoms with Gasteiger partial charge in [-0.3, -0.25) is 4.90 Å². The second kappa shape index (κ2) is 5.71. The van der Waals surface area contributed by atoms with Crippen LogP contribution in [-0.2, 0) is 4.74 Å². The molecule has 0 aliphatic carbocycles. The Labute approximate surface area is 122 Å². The first-order valence-electron chi connectivity index (χ1n) is 6.93. The van der Waals surface area contributed by atoms with Gasteiger partial charge in [-0.05, 0) is 24.7 Å². The van der Waals surface area contributed by atoms with Crippen LogP contribution >= 0.6 is 0 Å². The molecule has 7 heteroatoms. The summed E-state index contributed by atoms with van der Waals surface area (Å²) < 4.78 is 11.0. The number of nitrogen functional groups attached to an aromatic ring is 1. The summed E-state index contributed by atoms with van der Waals surface area (Å²) in [6.45, 7) is 5.43. The minimum atomic E-state index is -0.175. The van der Waals surface area contributed by atoms with Crippen LogP contribution in [0.3, 0.4) is 0 Å². The lowest BCUT2D eigenvalue weighted by atomic mass is 10.2. The van der Waals surface area contributed by atoms with Crippen LogP contribution in [-0.4, -0.2) is 46.4 Å². The zero-order valence-corrected chi connectivity index (χ0v) is 11.8. The zero-order valence-electron chi connectivity index (χ0n) is 11.8. The van der Waals surface area contributed by atoms with E-state index in [1.54, 1.807) is 12.1 Å². The van der Waals surface area contributed by atoms with Crippen molar-refractivity contribution in [2.75, 3.05) is 32.0 Å². The van der Waals surface area contributed by atoms with E-state index >= 15 is 0 Å². The molecule has 112 valence electrons. The van der Waals surface area contributed by atoms with Crippen LogP contribution in [0.2, 0.25) is 0 Å². The fourth-order valence-corrected chi connectivity index (χ4v) is 2.32. The van der Waals surface area contributed by atoms with Gasteiger partial charge in [-0.1, -0.05) is 12.1 Å². The predicted molar refractivity (Wildman–Crippen MR) is 76.6 cm³/mol. The van der Waals surface area contributed by atoms with Gasteiger partial charge in [0.25, 0.3) is 5.89 Å². The molecule has 3 N–H and O–H groups in total. The summed E-state index contributed by atoms with van der Waals surface area (Å²) >= 11 is 0. The van der Waals surface area contributed by atoms with E-state index in [0.29, 0.717) is 23.9 Å². The molecule has 2 heterocycles. The summed E-state index contributed by atoms with van der Waals surface area (Å²) in [6, 6.07) is 4.79. The fraction of sp³-hybridized carbons (Fsp3) is 0.429. The van der Waals surface area contributed by atoms with Crippen molar-refractivity contribution in [3.05, 3.63) is 24.0 Å². The molecule has 0 radical (unpaired) electrons. The van der Waals surface area contributed by atoms with E-state index in [1.807, 2.05) is 0 Å². The Kier molecular flexibility index (Phi) is 3.76. The summed E-state index contributed by atoms with van der Waals surface area (Å²) in [6.07, 6.45) is -0.175. The highest BCUT2D eigenvalue weighted by Gasteiger charge is 2.25. The second-order valence-electron chi connectivity index (χ2n) is 4.98. The number of rotatable bonds is 3. The number of phenols is 1. The minimum Gasteiger partial charge on any atom is -0.506 e. The number of nitrogens with two attached hydrogens (primary N) is 1. The van der Waals surface area contributed by atoms with Crippen LogP contribution in [0.4, 0.5) is 5.69 Å². The Balaban J connectivity index is 1.81. The van der Waals surface area contributed by atoms with E-state index in [4.69, 9.17) is 15.0 Å². The maximum atomic E-state index is 9.44. The van der Waals surface area contributed by atoms with Crippen molar-refractivity contribution in [3.8, 4) is 17.2 Å². The molecular formula is C14H18N4O3. The van der Waals surface area contributed by atoms with Gasteiger partial charge in [0.1, 0.15) is 11.9 Å². The molecule has 21 heavy (non-hydrogen) atoms. The van der Waals surface area contributed by atoms with Crippen molar-refractivity contribution in [2.45, 2.75) is 13.0 Å². The lowest BCUT2D eigenvalue weighted by molar-refractivity contribution is -0.0334. The minimum absolute atomic E-state index is 0.0349. The van der Waals surface area contributed by atoms with E-state index in [1.165, 1.54) is 6.07 Å². The fourth-order valence-electron chi connectivity index (χ4n) is 2.32. The quantitative estimate of drug-likeness (QED) is 0.651. The highest BCUT2D eigenvalue weighted by atomic mass is 16.5. The molecule has 0 spiro atoms. The van der Waals surface area contributed by atoms with Gasteiger partial charge in [-0.15, -0.1) is 0 Å². The Hall–Kier alpha value is -2.12. The molecule has 1 aliphatic heterocycles. The van der Waals surface area contributed by atoms with E-state index in [2.05, 4.69) is 22.0 Å². The molecule has 1 fully saturated rings. The number of morpholine rings is 1. The maximum absolute atomic E-state index is 9.44. The SMILES string of the molecule is CCN1CCOC(c2noc(-c3ccc(O)c(N)c3)n2)C1. The van der Waals surface area contributed by atoms with Gasteiger partial charge in [0.2, 0.25) is 5.82 Å². The third-order valence-corrected chi connectivity index (χ3v) is 3.60. The summed E-state index contributed by atoms with van der Waals surface area (Å²) in [4.78, 5) is 6.66. The van der Waals surface area contributed by atoms with Crippen LogP contribution < -0.4 is 5.73 Å². The lowest BCUT2D eigenvalue weighted by Crippen LogP contribution is -2.38. The Morgan fingerprint density at radius 2 is 2.33 bits per heavy atom. The molecule has 1 atom stereocenters. The first-order valence-corrected chi connectivity index (χ1v) is 6.93. The van der Waals surface area contributed by atoms with Gasteiger partial charge >= 0.3 is 0 Å². The highest BCUT2D eigenvalue weighted by Crippen LogP contribution is 2.28. The van der Waals surface area contributed by atoms with E-state index in [-0.39, 0.29) is 17.5 Å². The summed E-state index contributed by atoms with van der Waals surface area (Å²) in [5.74, 6) is 0.941. The molecule has 1 saturated heterocycles. The molecule has 0 bridgehead atoms. The number of nitrogens with zero attached hydrogens (tertiary/aromatic N) is 3. The van der Waals surface area contributed by atoms with Gasteiger partial charge in [-0.2, -0.15) is 4.98 Å². The third kappa shape index (κ3) is 2.84. The molecule has 3 rings (SSSR count). The van der Waals surface area contributed by atoms with Crippen LogP contribution in [0, 0.1) is 0 Å². The molecule has 0 saturated carbocycles. The molecule has 2 aromatic rings. The van der Waals surface area contributed by atoms with Crippen LogP contribution in [0.15, 0.2) is 22.7 Å². The van der Waals surface area contributed by atoms with Gasteiger partial charge in [0.15, 0.2) is 0 Å². The number of ether oxygens (including phenoxy) is 1. The van der Waals surface area contributed by atoms with Crippen molar-refractivity contribution < 1.29 is 14.4 Å². The van der Waals surface area contributed by atoms with E-state index < -0.39 is 0 Å². The molecule has 1 aromatic heterocycles. The highest BCUT2D eigenvalue weighted by molar-refractivity contribution is 5.64. The Morgan fingerprint density at radius 1 is 1.48 bits per heavy atom. The third-order valence-electron chi connectivity index (χ3n) is 3.60. The van der Waals surface area contributed by atoms with Crippen molar-refractivity contribution in [3.63, 3.8) is 0 Å². The molecule has 1 aliphatic rings. The average Bonchev–Trinajstić information content (AvgIpc) is 3.00. The number of benzene rings is 1.